The minimum absolute atomic E-state index is 0.0230. The van der Waals surface area contributed by atoms with E-state index in [0.29, 0.717) is 16.3 Å². The molecule has 3 rings (SSSR count). The first-order valence-electron chi connectivity index (χ1n) is 7.52. The molecule has 0 aliphatic heterocycles. The maximum Gasteiger partial charge on any atom is 0.183 e. The normalized spacial score (nSPS) is 12.4. The number of Topliss-reactive ketones (excluding diaryl/α,β-unsaturated/α-hetero) is 1. The van der Waals surface area contributed by atoms with Gasteiger partial charge in [0.1, 0.15) is 10.6 Å². The van der Waals surface area contributed by atoms with E-state index in [1.54, 1.807) is 25.4 Å². The van der Waals surface area contributed by atoms with E-state index in [1.165, 1.54) is 5.56 Å². The molecule has 0 amide bonds. The van der Waals surface area contributed by atoms with Crippen molar-refractivity contribution in [2.75, 3.05) is 7.11 Å². The number of halogens is 2. The number of fused-ring (bicyclic) bond motifs is 1. The van der Waals surface area contributed by atoms with Gasteiger partial charge in [0.2, 0.25) is 0 Å². The van der Waals surface area contributed by atoms with Crippen LogP contribution in [0, 0.1) is 13.8 Å². The third kappa shape index (κ3) is 2.96. The van der Waals surface area contributed by atoms with E-state index in [9.17, 15) is 4.79 Å². The second-order valence-electron chi connectivity index (χ2n) is 5.80. The van der Waals surface area contributed by atoms with Gasteiger partial charge in [-0.25, -0.2) is 0 Å². The fraction of sp³-hybridized carbons (Fsp3) is 0.211. The molecule has 1 atom stereocenters. The van der Waals surface area contributed by atoms with Crippen molar-refractivity contribution in [2.24, 2.45) is 0 Å². The molecule has 124 valence electrons. The Balaban J connectivity index is 2.04. The number of rotatable bonds is 4. The van der Waals surface area contributed by atoms with E-state index in [2.05, 4.69) is 33.9 Å². The summed E-state index contributed by atoms with van der Waals surface area (Å²) in [5.74, 6) is 0.565. The van der Waals surface area contributed by atoms with Crippen LogP contribution in [0.1, 0.15) is 31.9 Å². The summed E-state index contributed by atoms with van der Waals surface area (Å²) in [7, 11) is 1.57. The summed E-state index contributed by atoms with van der Waals surface area (Å²) in [6.45, 7) is 4.10. The average molecular weight is 407 g/mol. The van der Waals surface area contributed by atoms with E-state index < -0.39 is 4.83 Å². The zero-order valence-corrected chi connectivity index (χ0v) is 16.0. The van der Waals surface area contributed by atoms with Crippen LogP contribution in [0.25, 0.3) is 10.9 Å². The number of aromatic nitrogens is 1. The Morgan fingerprint density at radius 1 is 1.21 bits per heavy atom. The maximum atomic E-state index is 13.0. The van der Waals surface area contributed by atoms with Crippen LogP contribution in [0.4, 0.5) is 0 Å². The van der Waals surface area contributed by atoms with Crippen LogP contribution < -0.4 is 4.74 Å². The first-order chi connectivity index (χ1) is 11.4. The van der Waals surface area contributed by atoms with E-state index in [0.717, 1.165) is 22.0 Å². The number of ketones is 1. The number of carbonyl (C=O) groups excluding carboxylic acids is 1. The molecule has 3 aromatic rings. The third-order valence-electron chi connectivity index (χ3n) is 4.26. The minimum atomic E-state index is -0.509. The summed E-state index contributed by atoms with van der Waals surface area (Å²) in [5, 5.41) is 1.50. The second kappa shape index (κ2) is 6.61. The Hall–Kier alpha value is -1.78. The summed E-state index contributed by atoms with van der Waals surface area (Å²) in [5.41, 5.74) is 4.73. The van der Waals surface area contributed by atoms with E-state index >= 15 is 0 Å². The number of hydrogen-bond donors (Lipinski definition) is 1. The first kappa shape index (κ1) is 17.1. The number of alkyl halides is 1. The molecule has 0 aliphatic carbocycles. The van der Waals surface area contributed by atoms with Gasteiger partial charge in [-0.2, -0.15) is 0 Å². The molecule has 1 N–H and O–H groups in total. The number of ether oxygens (including phenoxy) is 1. The van der Waals surface area contributed by atoms with Gasteiger partial charge < -0.3 is 9.72 Å². The van der Waals surface area contributed by atoms with Crippen molar-refractivity contribution in [3.63, 3.8) is 0 Å². The van der Waals surface area contributed by atoms with E-state index in [4.69, 9.17) is 16.3 Å². The molecule has 24 heavy (non-hydrogen) atoms. The number of benzene rings is 2. The van der Waals surface area contributed by atoms with Crippen molar-refractivity contribution in [3.05, 3.63) is 63.8 Å². The highest BCUT2D eigenvalue weighted by Crippen LogP contribution is 2.37. The SMILES string of the molecule is COc1cc(Cl)ccc1C(Br)C(=O)c1c[nH]c2cc(C)c(C)cc12. The van der Waals surface area contributed by atoms with E-state index in [1.807, 2.05) is 19.1 Å². The molecule has 0 radical (unpaired) electrons. The van der Waals surface area contributed by atoms with Crippen LogP contribution in [0.15, 0.2) is 36.5 Å². The molecular formula is C19H17BrClNO2. The zero-order valence-electron chi connectivity index (χ0n) is 13.6. The number of carbonyl (C=O) groups is 1. The van der Waals surface area contributed by atoms with Gasteiger partial charge in [0, 0.05) is 33.2 Å². The summed E-state index contributed by atoms with van der Waals surface area (Å²) >= 11 is 9.53. The first-order valence-corrected chi connectivity index (χ1v) is 8.81. The highest BCUT2D eigenvalue weighted by Gasteiger charge is 2.25. The quantitative estimate of drug-likeness (QED) is 0.442. The van der Waals surface area contributed by atoms with Crippen LogP contribution in [0.3, 0.4) is 0 Å². The van der Waals surface area contributed by atoms with Gasteiger partial charge >= 0.3 is 0 Å². The molecule has 0 fully saturated rings. The molecule has 0 bridgehead atoms. The molecule has 1 heterocycles. The van der Waals surface area contributed by atoms with Crippen molar-refractivity contribution >= 4 is 44.2 Å². The Bertz CT molecular complexity index is 933. The van der Waals surface area contributed by atoms with Gasteiger partial charge in [-0.05, 0) is 49.2 Å². The third-order valence-corrected chi connectivity index (χ3v) is 5.40. The Labute approximate surface area is 154 Å². The van der Waals surface area contributed by atoms with Crippen LogP contribution in [-0.4, -0.2) is 17.9 Å². The van der Waals surface area contributed by atoms with Crippen LogP contribution in [-0.2, 0) is 0 Å². The summed E-state index contributed by atoms with van der Waals surface area (Å²) in [4.78, 5) is 15.7. The Kier molecular flexibility index (Phi) is 4.70. The maximum absolute atomic E-state index is 13.0. The van der Waals surface area contributed by atoms with Gasteiger partial charge in [0.25, 0.3) is 0 Å². The molecule has 2 aromatic carbocycles. The van der Waals surface area contributed by atoms with Gasteiger partial charge in [0.05, 0.1) is 7.11 Å². The smallest absolute Gasteiger partial charge is 0.183 e. The van der Waals surface area contributed by atoms with Gasteiger partial charge in [-0.15, -0.1) is 0 Å². The standard InChI is InChI=1S/C19H17BrClNO2/c1-10-6-14-15(9-22-16(14)7-11(10)2)19(23)18(20)13-5-4-12(21)8-17(13)24-3/h4-9,18,22H,1-3H3. The van der Waals surface area contributed by atoms with E-state index in [-0.39, 0.29) is 5.78 Å². The number of methoxy groups -OCH3 is 1. The molecule has 0 spiro atoms. The summed E-state index contributed by atoms with van der Waals surface area (Å²) in [6.07, 6.45) is 1.77. The van der Waals surface area contributed by atoms with Crippen LogP contribution in [0.2, 0.25) is 5.02 Å². The van der Waals surface area contributed by atoms with Gasteiger partial charge in [-0.3, -0.25) is 4.79 Å². The largest absolute Gasteiger partial charge is 0.496 e. The van der Waals surface area contributed by atoms with Crippen molar-refractivity contribution in [1.29, 1.82) is 0 Å². The lowest BCUT2D eigenvalue weighted by molar-refractivity contribution is 0.0992. The topological polar surface area (TPSA) is 42.1 Å². The van der Waals surface area contributed by atoms with Crippen LogP contribution >= 0.6 is 27.5 Å². The second-order valence-corrected chi connectivity index (χ2v) is 7.15. The van der Waals surface area contributed by atoms with Crippen LogP contribution in [0.5, 0.6) is 5.75 Å². The number of aromatic amines is 1. The Morgan fingerprint density at radius 2 is 1.92 bits per heavy atom. The molecule has 0 saturated carbocycles. The predicted molar refractivity (Wildman–Crippen MR) is 102 cm³/mol. The fourth-order valence-electron chi connectivity index (χ4n) is 2.76. The monoisotopic (exact) mass is 405 g/mol. The van der Waals surface area contributed by atoms with Gasteiger partial charge in [-0.1, -0.05) is 33.6 Å². The lowest BCUT2D eigenvalue weighted by atomic mass is 9.99. The number of nitrogens with one attached hydrogen (secondary N) is 1. The lowest BCUT2D eigenvalue weighted by Gasteiger charge is -2.13. The Morgan fingerprint density at radius 3 is 2.62 bits per heavy atom. The van der Waals surface area contributed by atoms with Gasteiger partial charge in [0.15, 0.2) is 5.78 Å². The highest BCUT2D eigenvalue weighted by molar-refractivity contribution is 9.09. The van der Waals surface area contributed by atoms with Crippen molar-refractivity contribution < 1.29 is 9.53 Å². The minimum Gasteiger partial charge on any atom is -0.496 e. The molecule has 1 aromatic heterocycles. The lowest BCUT2D eigenvalue weighted by Crippen LogP contribution is -2.08. The highest BCUT2D eigenvalue weighted by atomic mass is 79.9. The zero-order chi connectivity index (χ0) is 17.4. The molecule has 0 aliphatic rings. The molecule has 1 unspecified atom stereocenters. The summed E-state index contributed by atoms with van der Waals surface area (Å²) in [6, 6.07) is 9.38. The van der Waals surface area contributed by atoms with Crippen molar-refractivity contribution in [3.8, 4) is 5.75 Å². The number of hydrogen-bond acceptors (Lipinski definition) is 2. The van der Waals surface area contributed by atoms with Crippen molar-refractivity contribution in [1.82, 2.24) is 4.98 Å². The number of H-pyrrole nitrogens is 1. The molecule has 0 saturated heterocycles. The number of aryl methyl sites for hydroxylation is 2. The fourth-order valence-corrected chi connectivity index (χ4v) is 3.55. The molecule has 5 heteroatoms. The average Bonchev–Trinajstić information content (AvgIpc) is 2.96. The molecule has 3 nitrogen and oxygen atoms in total. The predicted octanol–water partition coefficient (Wildman–Crippen LogP) is 5.77. The molecular weight excluding hydrogens is 390 g/mol. The summed E-state index contributed by atoms with van der Waals surface area (Å²) < 4.78 is 5.36. The van der Waals surface area contributed by atoms with Crippen molar-refractivity contribution in [2.45, 2.75) is 18.7 Å².